The molecule has 0 atom stereocenters. The van der Waals surface area contributed by atoms with Gasteiger partial charge in [-0.15, -0.1) is 0 Å². The Labute approximate surface area is 171 Å². The Morgan fingerprint density at radius 3 is 2.62 bits per heavy atom. The largest absolute Gasteiger partial charge is 0.379 e. The van der Waals surface area contributed by atoms with Crippen molar-refractivity contribution in [1.82, 2.24) is 19.5 Å². The van der Waals surface area contributed by atoms with Crippen molar-refractivity contribution in [1.29, 1.82) is 0 Å². The van der Waals surface area contributed by atoms with E-state index in [0.717, 1.165) is 18.4 Å². The van der Waals surface area contributed by atoms with Gasteiger partial charge in [0, 0.05) is 49.8 Å². The number of amides is 2. The van der Waals surface area contributed by atoms with Crippen molar-refractivity contribution in [3.63, 3.8) is 0 Å². The monoisotopic (exact) mass is 420 g/mol. The molecule has 2 N–H and O–H groups in total. The molecule has 3 heterocycles. The summed E-state index contributed by atoms with van der Waals surface area (Å²) in [5.41, 5.74) is 2.46. The van der Waals surface area contributed by atoms with E-state index in [1.165, 1.54) is 15.3 Å². The summed E-state index contributed by atoms with van der Waals surface area (Å²) < 4.78 is 31.3. The second-order valence-electron chi connectivity index (χ2n) is 7.61. The molecule has 8 nitrogen and oxygen atoms in total. The van der Waals surface area contributed by atoms with Crippen molar-refractivity contribution < 1.29 is 17.9 Å². The normalized spacial score (nSPS) is 19.5. The molecule has 0 aliphatic carbocycles. The minimum Gasteiger partial charge on any atom is -0.379 e. The number of urea groups is 1. The summed E-state index contributed by atoms with van der Waals surface area (Å²) in [6.45, 7) is 3.10. The number of benzene rings is 1. The number of fused-ring (bicyclic) bond motifs is 1. The molecule has 2 fully saturated rings. The van der Waals surface area contributed by atoms with Crippen LogP contribution >= 0.6 is 0 Å². The fourth-order valence-corrected chi connectivity index (χ4v) is 5.50. The number of likely N-dealkylation sites (tertiary alicyclic amines) is 1. The van der Waals surface area contributed by atoms with Crippen molar-refractivity contribution in [3.8, 4) is 0 Å². The zero-order valence-corrected chi connectivity index (χ0v) is 17.3. The van der Waals surface area contributed by atoms with Gasteiger partial charge >= 0.3 is 6.03 Å². The first kappa shape index (κ1) is 20.2. The van der Waals surface area contributed by atoms with Crippen LogP contribution in [0.1, 0.15) is 24.3 Å². The average Bonchev–Trinajstić information content (AvgIpc) is 3.18. The number of piperidine rings is 1. The zero-order chi connectivity index (χ0) is 20.3. The molecule has 1 aromatic heterocycles. The number of aromatic nitrogens is 1. The molecule has 0 radical (unpaired) electrons. The number of carbonyl (C=O) groups is 1. The minimum atomic E-state index is -3.35. The zero-order valence-electron chi connectivity index (χ0n) is 16.5. The Hall–Kier alpha value is -2.10. The number of hydrogen-bond acceptors (Lipinski definition) is 4. The van der Waals surface area contributed by atoms with Crippen molar-refractivity contribution >= 4 is 27.0 Å². The molecule has 2 saturated heterocycles. The highest BCUT2D eigenvalue weighted by Crippen LogP contribution is 2.33. The van der Waals surface area contributed by atoms with Gasteiger partial charge in [0.25, 0.3) is 0 Å². The fraction of sp³-hybridized carbons (Fsp3) is 0.550. The lowest BCUT2D eigenvalue weighted by Gasteiger charge is -2.32. The third-order valence-electron chi connectivity index (χ3n) is 5.84. The lowest BCUT2D eigenvalue weighted by molar-refractivity contribution is 0.0730. The predicted octanol–water partition coefficient (Wildman–Crippen LogP) is 1.72. The van der Waals surface area contributed by atoms with Crippen molar-refractivity contribution in [2.24, 2.45) is 0 Å². The number of aromatic amines is 1. The van der Waals surface area contributed by atoms with Crippen LogP contribution < -0.4 is 5.32 Å². The van der Waals surface area contributed by atoms with Gasteiger partial charge in [0.05, 0.1) is 19.0 Å². The van der Waals surface area contributed by atoms with Crippen LogP contribution in [0.15, 0.2) is 30.5 Å². The summed E-state index contributed by atoms with van der Waals surface area (Å²) in [6.07, 6.45) is 3.89. The SMILES string of the molecule is O=C(NCCS(=O)(=O)N1CCOCC1)N1CCC(c2c[nH]c3ccccc23)CC1. The molecule has 0 bridgehead atoms. The lowest BCUT2D eigenvalue weighted by Crippen LogP contribution is -2.47. The number of hydrogen-bond donors (Lipinski definition) is 2. The molecule has 9 heteroatoms. The number of morpholine rings is 1. The van der Waals surface area contributed by atoms with E-state index < -0.39 is 10.0 Å². The van der Waals surface area contributed by atoms with Crippen LogP contribution in [0.4, 0.5) is 4.79 Å². The third kappa shape index (κ3) is 4.57. The molecule has 0 spiro atoms. The molecule has 4 rings (SSSR count). The Balaban J connectivity index is 1.25. The number of H-pyrrole nitrogens is 1. The van der Waals surface area contributed by atoms with E-state index in [1.54, 1.807) is 4.90 Å². The Morgan fingerprint density at radius 2 is 1.86 bits per heavy atom. The molecular formula is C20H28N4O4S. The molecule has 0 unspecified atom stereocenters. The molecule has 2 amide bonds. The molecule has 1 aromatic carbocycles. The van der Waals surface area contributed by atoms with Crippen LogP contribution in [0, 0.1) is 0 Å². The van der Waals surface area contributed by atoms with E-state index in [2.05, 4.69) is 28.6 Å². The number of ether oxygens (including phenoxy) is 1. The highest BCUT2D eigenvalue weighted by Gasteiger charge is 2.27. The lowest BCUT2D eigenvalue weighted by atomic mass is 9.89. The van der Waals surface area contributed by atoms with Crippen LogP contribution in [0.5, 0.6) is 0 Å². The first-order valence-electron chi connectivity index (χ1n) is 10.2. The number of carbonyl (C=O) groups excluding carboxylic acids is 1. The summed E-state index contributed by atoms with van der Waals surface area (Å²) >= 11 is 0. The van der Waals surface area contributed by atoms with Crippen molar-refractivity contribution in [2.75, 3.05) is 51.7 Å². The quantitative estimate of drug-likeness (QED) is 0.770. The molecule has 2 aliphatic rings. The van der Waals surface area contributed by atoms with Crippen molar-refractivity contribution in [3.05, 3.63) is 36.0 Å². The van der Waals surface area contributed by atoms with E-state index in [9.17, 15) is 13.2 Å². The third-order valence-corrected chi connectivity index (χ3v) is 7.71. The maximum absolute atomic E-state index is 12.4. The highest BCUT2D eigenvalue weighted by atomic mass is 32.2. The summed E-state index contributed by atoms with van der Waals surface area (Å²) in [4.78, 5) is 17.6. The van der Waals surface area contributed by atoms with E-state index >= 15 is 0 Å². The van der Waals surface area contributed by atoms with Crippen molar-refractivity contribution in [2.45, 2.75) is 18.8 Å². The Morgan fingerprint density at radius 1 is 1.14 bits per heavy atom. The van der Waals surface area contributed by atoms with E-state index in [-0.39, 0.29) is 18.3 Å². The molecule has 2 aliphatic heterocycles. The van der Waals surface area contributed by atoms with Gasteiger partial charge in [-0.2, -0.15) is 4.31 Å². The maximum Gasteiger partial charge on any atom is 0.317 e. The van der Waals surface area contributed by atoms with Gasteiger partial charge < -0.3 is 19.9 Å². The Bertz CT molecular complexity index is 944. The molecule has 29 heavy (non-hydrogen) atoms. The van der Waals surface area contributed by atoms with Crippen LogP contribution in [-0.4, -0.2) is 80.3 Å². The highest BCUT2D eigenvalue weighted by molar-refractivity contribution is 7.89. The minimum absolute atomic E-state index is 0.0788. The van der Waals surface area contributed by atoms with Gasteiger partial charge in [-0.1, -0.05) is 18.2 Å². The van der Waals surface area contributed by atoms with Gasteiger partial charge in [0.2, 0.25) is 10.0 Å². The maximum atomic E-state index is 12.4. The van der Waals surface area contributed by atoms with Gasteiger partial charge in [-0.25, -0.2) is 13.2 Å². The van der Waals surface area contributed by atoms with Crippen LogP contribution in [0.25, 0.3) is 10.9 Å². The van der Waals surface area contributed by atoms with Crippen LogP contribution in [0.3, 0.4) is 0 Å². The molecule has 158 valence electrons. The van der Waals surface area contributed by atoms with Crippen LogP contribution in [0.2, 0.25) is 0 Å². The second-order valence-corrected chi connectivity index (χ2v) is 9.70. The van der Waals surface area contributed by atoms with Crippen LogP contribution in [-0.2, 0) is 14.8 Å². The second kappa shape index (κ2) is 8.73. The number of sulfonamides is 1. The van der Waals surface area contributed by atoms with Gasteiger partial charge in [-0.3, -0.25) is 0 Å². The van der Waals surface area contributed by atoms with Gasteiger partial charge in [0.15, 0.2) is 0 Å². The first-order valence-corrected chi connectivity index (χ1v) is 11.8. The number of nitrogens with one attached hydrogen (secondary N) is 2. The number of rotatable bonds is 5. The Kier molecular flexibility index (Phi) is 6.07. The number of para-hydroxylation sites is 1. The summed E-state index contributed by atoms with van der Waals surface area (Å²) in [7, 11) is -3.35. The summed E-state index contributed by atoms with van der Waals surface area (Å²) in [5, 5.41) is 4.02. The standard InChI is InChI=1S/C20H28N4O4S/c25-20(21-7-14-29(26,27)24-10-12-28-13-11-24)23-8-5-16(6-9-23)18-15-22-19-4-2-1-3-17(18)19/h1-4,15-16,22H,5-14H2,(H,21,25). The first-order chi connectivity index (χ1) is 14.0. The summed E-state index contributed by atoms with van der Waals surface area (Å²) in [5.74, 6) is 0.349. The summed E-state index contributed by atoms with van der Waals surface area (Å²) in [6, 6.07) is 8.10. The van der Waals surface area contributed by atoms with Gasteiger partial charge in [0.1, 0.15) is 0 Å². The smallest absolute Gasteiger partial charge is 0.317 e. The average molecular weight is 421 g/mol. The van der Waals surface area contributed by atoms with E-state index in [4.69, 9.17) is 4.74 Å². The van der Waals surface area contributed by atoms with Gasteiger partial charge in [-0.05, 0) is 30.4 Å². The number of nitrogens with zero attached hydrogens (tertiary/aromatic N) is 2. The fourth-order valence-electron chi connectivity index (χ4n) is 4.18. The predicted molar refractivity (Wildman–Crippen MR) is 111 cm³/mol. The van der Waals surface area contributed by atoms with E-state index in [0.29, 0.717) is 45.3 Å². The topological polar surface area (TPSA) is 94.7 Å². The molecule has 0 saturated carbocycles. The van der Waals surface area contributed by atoms with E-state index in [1.807, 2.05) is 12.1 Å². The molecular weight excluding hydrogens is 392 g/mol. The molecule has 2 aromatic rings.